The Kier molecular flexibility index (Phi) is 6.36. The summed E-state index contributed by atoms with van der Waals surface area (Å²) >= 11 is 0. The molecule has 33 heavy (non-hydrogen) atoms. The van der Waals surface area contributed by atoms with Crippen molar-refractivity contribution >= 4 is 43.6 Å². The second-order valence-electron chi connectivity index (χ2n) is 7.56. The molecule has 0 aliphatic carbocycles. The van der Waals surface area contributed by atoms with Gasteiger partial charge in [-0.25, -0.2) is 29.9 Å². The van der Waals surface area contributed by atoms with Crippen LogP contribution in [-0.2, 0) is 20.8 Å². The minimum absolute atomic E-state index is 0.00990. The number of para-hydroxylation sites is 1. The molecule has 2 heterocycles. The SMILES string of the molecule is NN/N=C(\N)c1c(-c2cccc3[nH]c(N)nc23)ccc(S(=O)C2CCNCC2)c1S(N)(=O)=O. The number of rotatable bonds is 6. The Bertz CT molecular complexity index is 1360. The summed E-state index contributed by atoms with van der Waals surface area (Å²) in [6.07, 6.45) is 1.26. The van der Waals surface area contributed by atoms with Crippen molar-refractivity contribution in [3.63, 3.8) is 0 Å². The van der Waals surface area contributed by atoms with E-state index in [1.54, 1.807) is 24.3 Å². The number of hydrazone groups is 1. The van der Waals surface area contributed by atoms with Crippen LogP contribution in [0.4, 0.5) is 5.95 Å². The molecule has 1 aliphatic rings. The molecule has 0 spiro atoms. The van der Waals surface area contributed by atoms with E-state index in [-0.39, 0.29) is 32.4 Å². The number of amidine groups is 1. The van der Waals surface area contributed by atoms with Crippen LogP contribution in [0.15, 0.2) is 45.2 Å². The van der Waals surface area contributed by atoms with Crippen LogP contribution in [0.25, 0.3) is 22.2 Å². The summed E-state index contributed by atoms with van der Waals surface area (Å²) in [6, 6.07) is 8.42. The lowest BCUT2D eigenvalue weighted by molar-refractivity contribution is 0.519. The highest BCUT2D eigenvalue weighted by molar-refractivity contribution is 7.91. The fourth-order valence-electron chi connectivity index (χ4n) is 4.07. The number of fused-ring (bicyclic) bond motifs is 1. The molecular weight excluding hydrogens is 466 g/mol. The first kappa shape index (κ1) is 23.1. The molecule has 0 amide bonds. The van der Waals surface area contributed by atoms with Gasteiger partial charge in [-0.2, -0.15) is 0 Å². The van der Waals surface area contributed by atoms with Gasteiger partial charge in [0, 0.05) is 16.4 Å². The van der Waals surface area contributed by atoms with Crippen molar-refractivity contribution in [2.75, 3.05) is 18.8 Å². The number of aromatic nitrogens is 2. The van der Waals surface area contributed by atoms with Crippen LogP contribution < -0.4 is 33.3 Å². The normalized spacial score (nSPS) is 16.7. The van der Waals surface area contributed by atoms with Gasteiger partial charge in [-0.15, -0.1) is 5.10 Å². The molecule has 4 rings (SSSR count). The van der Waals surface area contributed by atoms with Gasteiger partial charge in [0.15, 0.2) is 11.8 Å². The van der Waals surface area contributed by atoms with Gasteiger partial charge < -0.3 is 21.8 Å². The van der Waals surface area contributed by atoms with E-state index in [9.17, 15) is 12.6 Å². The first-order valence-corrected chi connectivity index (χ1v) is 12.8. The highest BCUT2D eigenvalue weighted by Crippen LogP contribution is 2.37. The van der Waals surface area contributed by atoms with Crippen molar-refractivity contribution in [1.82, 2.24) is 20.8 Å². The Morgan fingerprint density at radius 2 is 1.91 bits per heavy atom. The fourth-order valence-corrected chi connectivity index (χ4v) is 7.02. The summed E-state index contributed by atoms with van der Waals surface area (Å²) in [5, 5.41) is 12.4. The number of nitrogens with one attached hydrogen (secondary N) is 3. The maximum atomic E-state index is 13.5. The lowest BCUT2D eigenvalue weighted by Crippen LogP contribution is -2.34. The van der Waals surface area contributed by atoms with Crippen LogP contribution in [0.1, 0.15) is 18.4 Å². The number of imidazole rings is 1. The van der Waals surface area contributed by atoms with E-state index >= 15 is 0 Å². The molecule has 1 unspecified atom stereocenters. The second-order valence-corrected chi connectivity index (χ2v) is 10.8. The number of hydrazine groups is 1. The van der Waals surface area contributed by atoms with Crippen LogP contribution in [0.2, 0.25) is 0 Å². The lowest BCUT2D eigenvalue weighted by atomic mass is 9.97. The third-order valence-corrected chi connectivity index (χ3v) is 8.45. The number of nitrogens with two attached hydrogens (primary N) is 4. The van der Waals surface area contributed by atoms with E-state index in [1.165, 1.54) is 6.07 Å². The molecule has 1 atom stereocenters. The molecular formula is C19H25N9O3S2. The van der Waals surface area contributed by atoms with Gasteiger partial charge in [-0.1, -0.05) is 18.2 Å². The number of benzene rings is 2. The van der Waals surface area contributed by atoms with Crippen LogP contribution in [-0.4, -0.2) is 46.8 Å². The van der Waals surface area contributed by atoms with Crippen molar-refractivity contribution in [3.05, 3.63) is 35.9 Å². The Balaban J connectivity index is 2.04. The van der Waals surface area contributed by atoms with Gasteiger partial charge in [0.25, 0.3) is 0 Å². The molecule has 12 nitrogen and oxygen atoms in total. The Morgan fingerprint density at radius 3 is 2.58 bits per heavy atom. The van der Waals surface area contributed by atoms with Crippen molar-refractivity contribution in [3.8, 4) is 11.1 Å². The molecule has 11 N–H and O–H groups in total. The Labute approximate surface area is 192 Å². The molecule has 1 aromatic heterocycles. The van der Waals surface area contributed by atoms with E-state index in [2.05, 4.69) is 25.9 Å². The summed E-state index contributed by atoms with van der Waals surface area (Å²) < 4.78 is 39.2. The number of H-pyrrole nitrogens is 1. The van der Waals surface area contributed by atoms with E-state index < -0.39 is 20.8 Å². The molecule has 176 valence electrons. The number of nitrogen functional groups attached to an aromatic ring is 1. The zero-order chi connectivity index (χ0) is 23.8. The number of primary sulfonamides is 1. The number of hydrogen-bond acceptors (Lipinski definition) is 9. The van der Waals surface area contributed by atoms with E-state index in [0.717, 1.165) is 0 Å². The summed E-state index contributed by atoms with van der Waals surface area (Å²) in [5.41, 5.74) is 16.1. The van der Waals surface area contributed by atoms with Crippen LogP contribution in [0, 0.1) is 0 Å². The predicted molar refractivity (Wildman–Crippen MR) is 128 cm³/mol. The first-order valence-electron chi connectivity index (χ1n) is 10.1. The molecule has 0 radical (unpaired) electrons. The molecule has 1 saturated heterocycles. The number of piperidine rings is 1. The van der Waals surface area contributed by atoms with Gasteiger partial charge in [-0.3, -0.25) is 4.21 Å². The third-order valence-electron chi connectivity index (χ3n) is 5.47. The second kappa shape index (κ2) is 9.07. The number of nitrogens with zero attached hydrogens (tertiary/aromatic N) is 2. The molecule has 3 aromatic rings. The molecule has 1 fully saturated rings. The van der Waals surface area contributed by atoms with Crippen molar-refractivity contribution < 1.29 is 12.6 Å². The fraction of sp³-hybridized carbons (Fsp3) is 0.263. The van der Waals surface area contributed by atoms with Gasteiger partial charge in [0.05, 0.1) is 26.7 Å². The lowest BCUT2D eigenvalue weighted by Gasteiger charge is -2.24. The highest BCUT2D eigenvalue weighted by atomic mass is 32.2. The molecule has 2 aromatic carbocycles. The van der Waals surface area contributed by atoms with Gasteiger partial charge >= 0.3 is 0 Å². The zero-order valence-corrected chi connectivity index (χ0v) is 19.2. The van der Waals surface area contributed by atoms with Crippen LogP contribution >= 0.6 is 0 Å². The third kappa shape index (κ3) is 4.43. The molecule has 0 bridgehead atoms. The minimum atomic E-state index is -4.38. The Hall–Kier alpha value is -3.04. The predicted octanol–water partition coefficient (Wildman–Crippen LogP) is -0.597. The van der Waals surface area contributed by atoms with Crippen molar-refractivity contribution in [2.45, 2.75) is 27.9 Å². The quantitative estimate of drug-likeness (QED) is 0.101. The smallest absolute Gasteiger partial charge is 0.240 e. The average Bonchev–Trinajstić information content (AvgIpc) is 3.18. The number of anilines is 1. The molecule has 0 saturated carbocycles. The van der Waals surface area contributed by atoms with Crippen molar-refractivity contribution in [1.29, 1.82) is 0 Å². The Morgan fingerprint density at radius 1 is 1.18 bits per heavy atom. The van der Waals surface area contributed by atoms with Crippen LogP contribution in [0.3, 0.4) is 0 Å². The van der Waals surface area contributed by atoms with Crippen LogP contribution in [0.5, 0.6) is 0 Å². The monoisotopic (exact) mass is 491 g/mol. The average molecular weight is 492 g/mol. The van der Waals surface area contributed by atoms with Gasteiger partial charge in [-0.05, 0) is 43.6 Å². The summed E-state index contributed by atoms with van der Waals surface area (Å²) in [7, 11) is -6.03. The number of hydrogen-bond donors (Lipinski definition) is 7. The summed E-state index contributed by atoms with van der Waals surface area (Å²) in [6.45, 7) is 1.38. The topological polar surface area (TPSA) is 220 Å². The number of sulfonamides is 1. The van der Waals surface area contributed by atoms with E-state index in [0.29, 0.717) is 48.1 Å². The van der Waals surface area contributed by atoms with Gasteiger partial charge in [0.1, 0.15) is 4.90 Å². The van der Waals surface area contributed by atoms with Crippen molar-refractivity contribution in [2.24, 2.45) is 21.8 Å². The number of aromatic amines is 1. The molecule has 1 aliphatic heterocycles. The van der Waals surface area contributed by atoms with E-state index in [1.807, 2.05) is 0 Å². The maximum absolute atomic E-state index is 13.5. The summed E-state index contributed by atoms with van der Waals surface area (Å²) in [5.74, 6) is 5.28. The summed E-state index contributed by atoms with van der Waals surface area (Å²) in [4.78, 5) is 6.97. The first-order chi connectivity index (χ1) is 15.7. The standard InChI is InChI=1S/C19H25N9O3S2/c20-18(27-28-22)15-11(12-2-1-3-13-16(12)26-19(21)25-13)4-5-14(17(15)33(23,30)31)32(29)10-6-8-24-9-7-10/h1-5,10,24,28H,6-9,22H2,(H2,20,27)(H3,21,25,26)(H2,23,30,31). The largest absolute Gasteiger partial charge is 0.382 e. The maximum Gasteiger partial charge on any atom is 0.240 e. The highest BCUT2D eigenvalue weighted by Gasteiger charge is 2.31. The minimum Gasteiger partial charge on any atom is -0.382 e. The van der Waals surface area contributed by atoms with E-state index in [4.69, 9.17) is 22.4 Å². The zero-order valence-electron chi connectivity index (χ0n) is 17.5. The molecule has 14 heteroatoms. The van der Waals surface area contributed by atoms with Gasteiger partial charge in [0.2, 0.25) is 10.0 Å².